The van der Waals surface area contributed by atoms with E-state index in [1.807, 2.05) is 49.5 Å². The summed E-state index contributed by atoms with van der Waals surface area (Å²) in [5.41, 5.74) is 21.8. The number of alkyl halides is 2. The molecule has 12 heteroatoms. The summed E-state index contributed by atoms with van der Waals surface area (Å²) in [6.07, 6.45) is 5.54. The lowest BCUT2D eigenvalue weighted by atomic mass is 9.85. The first-order valence-corrected chi connectivity index (χ1v) is 17.6. The van der Waals surface area contributed by atoms with Gasteiger partial charge in [0.1, 0.15) is 5.65 Å². The Hall–Kier alpha value is -3.74. The molecule has 4 aromatic rings. The van der Waals surface area contributed by atoms with Crippen LogP contribution < -0.4 is 28.2 Å². The molecule has 2 heterocycles. The molecule has 0 aliphatic carbocycles. The van der Waals surface area contributed by atoms with E-state index in [0.29, 0.717) is 28.8 Å². The van der Waals surface area contributed by atoms with Gasteiger partial charge in [0.15, 0.2) is 5.96 Å². The van der Waals surface area contributed by atoms with Gasteiger partial charge in [0, 0.05) is 46.7 Å². The molecule has 49 heavy (non-hydrogen) atoms. The highest BCUT2D eigenvalue weighted by molar-refractivity contribution is 7.99. The number of guanidine groups is 1. The van der Waals surface area contributed by atoms with E-state index in [4.69, 9.17) is 17.2 Å². The molecule has 2 aromatic heterocycles. The molecule has 268 valence electrons. The highest BCUT2D eigenvalue weighted by Crippen LogP contribution is 2.32. The Morgan fingerprint density at radius 2 is 1.69 bits per heavy atom. The Morgan fingerprint density at radius 3 is 2.29 bits per heavy atom. The fraction of sp³-hybridized carbons (Fsp3) is 0.486. The van der Waals surface area contributed by atoms with Gasteiger partial charge in [-0.3, -0.25) is 9.56 Å². The maximum Gasteiger partial charge on any atom is 0.354 e. The van der Waals surface area contributed by atoms with Gasteiger partial charge in [0.2, 0.25) is 0 Å². The quantitative estimate of drug-likeness (QED) is 0.0450. The van der Waals surface area contributed by atoms with Gasteiger partial charge in [-0.25, -0.2) is 4.79 Å². The third kappa shape index (κ3) is 13.2. The molecule has 0 unspecified atom stereocenters. The topological polar surface area (TPSA) is 153 Å². The molecule has 9 nitrogen and oxygen atoms in total. The normalized spacial score (nSPS) is 12.6. The second kappa shape index (κ2) is 17.8. The second-order valence-corrected chi connectivity index (χ2v) is 15.6. The zero-order chi connectivity index (χ0) is 36.4. The summed E-state index contributed by atoms with van der Waals surface area (Å²) in [6.45, 7) is 16.8. The molecule has 0 amide bonds. The van der Waals surface area contributed by atoms with Crippen LogP contribution in [-0.4, -0.2) is 45.4 Å². The van der Waals surface area contributed by atoms with Gasteiger partial charge in [0.05, 0.1) is 5.69 Å². The Labute approximate surface area is 293 Å². The Bertz CT molecular complexity index is 1710. The van der Waals surface area contributed by atoms with Gasteiger partial charge in [-0.05, 0) is 91.6 Å². The molecule has 0 saturated carbocycles. The summed E-state index contributed by atoms with van der Waals surface area (Å²) >= 11 is 0.625. The van der Waals surface area contributed by atoms with Crippen molar-refractivity contribution in [3.05, 3.63) is 87.6 Å². The first-order chi connectivity index (χ1) is 22.9. The number of hydrogen-bond donors (Lipinski definition) is 5. The number of nitrogens with one attached hydrogen (secondary N) is 2. The first kappa shape index (κ1) is 39.7. The highest BCUT2D eigenvalue weighted by atomic mass is 32.2. The fourth-order valence-corrected chi connectivity index (χ4v) is 5.66. The van der Waals surface area contributed by atoms with Crippen molar-refractivity contribution >= 4 is 28.8 Å². The zero-order valence-corrected chi connectivity index (χ0v) is 30.8. The molecule has 0 aliphatic rings. The van der Waals surface area contributed by atoms with Crippen molar-refractivity contribution in [2.75, 3.05) is 13.1 Å². The van der Waals surface area contributed by atoms with E-state index in [-0.39, 0.29) is 28.5 Å². The largest absolute Gasteiger partial charge is 0.370 e. The third-order valence-corrected chi connectivity index (χ3v) is 8.53. The van der Waals surface area contributed by atoms with Crippen molar-refractivity contribution in [2.45, 2.75) is 108 Å². The average molecular weight is 697 g/mol. The summed E-state index contributed by atoms with van der Waals surface area (Å²) in [5, 5.41) is 4.27. The van der Waals surface area contributed by atoms with Gasteiger partial charge in [0.25, 0.3) is 5.76 Å². The van der Waals surface area contributed by atoms with Crippen LogP contribution in [0, 0.1) is 0 Å². The minimum atomic E-state index is -2.37. The van der Waals surface area contributed by atoms with Gasteiger partial charge in [-0.15, -0.1) is 0 Å². The molecule has 4 rings (SSSR count). The Morgan fingerprint density at radius 1 is 1.00 bits per heavy atom. The van der Waals surface area contributed by atoms with Gasteiger partial charge in [-0.2, -0.15) is 13.8 Å². The van der Waals surface area contributed by atoms with Crippen LogP contribution in [0.3, 0.4) is 0 Å². The van der Waals surface area contributed by atoms with E-state index in [1.165, 1.54) is 0 Å². The predicted octanol–water partition coefficient (Wildman–Crippen LogP) is 6.73. The van der Waals surface area contributed by atoms with Crippen molar-refractivity contribution in [2.24, 2.45) is 22.2 Å². The number of aromatic nitrogens is 3. The fourth-order valence-electron chi connectivity index (χ4n) is 5.04. The second-order valence-electron chi connectivity index (χ2n) is 14.5. The summed E-state index contributed by atoms with van der Waals surface area (Å²) in [7, 11) is 0. The molecule has 0 fully saturated rings. The van der Waals surface area contributed by atoms with Crippen LogP contribution in [0.4, 0.5) is 8.78 Å². The molecular formula is C37H54F2N8OS. The summed E-state index contributed by atoms with van der Waals surface area (Å²) in [6, 6.07) is 16.0. The van der Waals surface area contributed by atoms with E-state index in [0.717, 1.165) is 72.2 Å². The molecule has 0 bridgehead atoms. The van der Waals surface area contributed by atoms with Crippen molar-refractivity contribution < 1.29 is 8.78 Å². The smallest absolute Gasteiger partial charge is 0.354 e. The number of aryl methyl sites for hydroxylation is 1. The SMILES string of the molecule is CC(C)(C)c1cc2cn(-c3ccc(CNCCCN=C(N)N)cc3)c(=O)nc2[nH]1.C[C@H](N)CCCc1cc(SC(F)F)cc(C(C)(C)C)c1. The van der Waals surface area contributed by atoms with E-state index in [1.54, 1.807) is 4.57 Å². The average Bonchev–Trinajstić information content (AvgIpc) is 3.42. The van der Waals surface area contributed by atoms with Crippen LogP contribution in [0.1, 0.15) is 90.1 Å². The molecule has 0 radical (unpaired) electrons. The summed E-state index contributed by atoms with van der Waals surface area (Å²) in [4.78, 5) is 24.6. The summed E-state index contributed by atoms with van der Waals surface area (Å²) in [5.74, 6) is -2.25. The molecule has 0 spiro atoms. The highest BCUT2D eigenvalue weighted by Gasteiger charge is 2.18. The number of fused-ring (bicyclic) bond motifs is 1. The van der Waals surface area contributed by atoms with Crippen LogP contribution in [0.5, 0.6) is 0 Å². The van der Waals surface area contributed by atoms with Gasteiger partial charge < -0.3 is 27.5 Å². The molecule has 0 aliphatic heterocycles. The van der Waals surface area contributed by atoms with E-state index < -0.39 is 5.76 Å². The standard InChI is InChI=1S/C21H29N7O.C16H25F2NS/c1-21(2,3)17-11-15-13-28(20(29)27-18(15)26-17)16-7-5-14(6-8-16)12-24-9-4-10-25-19(22)23;1-11(19)6-5-7-12-8-13(16(2,3)4)10-14(9-12)20-15(17)18/h5-8,11,13,24H,4,9-10,12H2,1-3H3,(H4,22,23,25)(H,26,27,29);8-11,15H,5-7,19H2,1-4H3/t;11-/m.0/s1. The monoisotopic (exact) mass is 696 g/mol. The number of nitrogens with two attached hydrogens (primary N) is 3. The maximum atomic E-state index is 12.6. The molecule has 8 N–H and O–H groups in total. The van der Waals surface area contributed by atoms with Crippen molar-refractivity contribution in [3.8, 4) is 5.69 Å². The lowest BCUT2D eigenvalue weighted by Crippen LogP contribution is -2.23. The number of thioether (sulfide) groups is 1. The van der Waals surface area contributed by atoms with Crippen molar-refractivity contribution in [1.82, 2.24) is 19.9 Å². The van der Waals surface area contributed by atoms with E-state index in [2.05, 4.69) is 74.0 Å². The lowest BCUT2D eigenvalue weighted by molar-refractivity contribution is 0.252. The maximum absolute atomic E-state index is 12.6. The molecule has 1 atom stereocenters. The van der Waals surface area contributed by atoms with Crippen LogP contribution >= 0.6 is 11.8 Å². The number of benzene rings is 2. The van der Waals surface area contributed by atoms with Gasteiger partial charge in [-0.1, -0.05) is 71.5 Å². The number of H-pyrrole nitrogens is 1. The van der Waals surface area contributed by atoms with E-state index >= 15 is 0 Å². The number of nitrogens with zero attached hydrogens (tertiary/aromatic N) is 3. The van der Waals surface area contributed by atoms with Crippen LogP contribution in [0.25, 0.3) is 16.7 Å². The zero-order valence-electron chi connectivity index (χ0n) is 29.9. The molecule has 2 aromatic carbocycles. The van der Waals surface area contributed by atoms with E-state index in [9.17, 15) is 13.6 Å². The molecule has 0 saturated heterocycles. The van der Waals surface area contributed by atoms with Crippen LogP contribution in [0.2, 0.25) is 0 Å². The Kier molecular flexibility index (Phi) is 14.4. The third-order valence-electron chi connectivity index (χ3n) is 7.85. The number of aliphatic imine (C=N–C) groups is 1. The minimum Gasteiger partial charge on any atom is -0.370 e. The predicted molar refractivity (Wildman–Crippen MR) is 201 cm³/mol. The Balaban J connectivity index is 0.000000286. The number of rotatable bonds is 13. The van der Waals surface area contributed by atoms with Crippen LogP contribution in [-0.2, 0) is 23.8 Å². The number of aromatic amines is 1. The number of halogens is 2. The van der Waals surface area contributed by atoms with Crippen molar-refractivity contribution in [1.29, 1.82) is 0 Å². The first-order valence-electron chi connectivity index (χ1n) is 16.8. The lowest BCUT2D eigenvalue weighted by Gasteiger charge is -2.21. The van der Waals surface area contributed by atoms with Crippen molar-refractivity contribution in [3.63, 3.8) is 0 Å². The molecular weight excluding hydrogens is 643 g/mol. The minimum absolute atomic E-state index is 0.0331. The summed E-state index contributed by atoms with van der Waals surface area (Å²) < 4.78 is 26.7. The number of hydrogen-bond acceptors (Lipinski definition) is 6. The van der Waals surface area contributed by atoms with Gasteiger partial charge >= 0.3 is 5.69 Å². The van der Waals surface area contributed by atoms with Crippen LogP contribution in [0.15, 0.2) is 69.4 Å².